The molecule has 246 valence electrons. The number of halogens is 1. The van der Waals surface area contributed by atoms with Crippen molar-refractivity contribution in [3.63, 3.8) is 0 Å². The number of hydrogen-bond donors (Lipinski definition) is 3. The summed E-state index contributed by atoms with van der Waals surface area (Å²) in [6.45, 7) is 5.41. The van der Waals surface area contributed by atoms with E-state index in [1.807, 2.05) is 38.1 Å². The van der Waals surface area contributed by atoms with Gasteiger partial charge in [0.15, 0.2) is 12.0 Å². The number of ketones is 1. The number of Topliss-reactive ketones (excluding diaryl/α,β-unsaturated/α-hetero) is 1. The third kappa shape index (κ3) is 7.83. The van der Waals surface area contributed by atoms with E-state index in [0.29, 0.717) is 55.1 Å². The van der Waals surface area contributed by atoms with E-state index >= 15 is 0 Å². The van der Waals surface area contributed by atoms with Crippen LogP contribution in [-0.2, 0) is 24.0 Å². The van der Waals surface area contributed by atoms with Crippen molar-refractivity contribution in [3.05, 3.63) is 36.0 Å². The molecule has 0 saturated carbocycles. The Morgan fingerprint density at radius 2 is 1.76 bits per heavy atom. The number of aromatic nitrogens is 1. The summed E-state index contributed by atoms with van der Waals surface area (Å²) in [6, 6.07) is 3.46. The third-order valence-electron chi connectivity index (χ3n) is 9.12. The minimum atomic E-state index is -1.52. The summed E-state index contributed by atoms with van der Waals surface area (Å²) in [7, 11) is 1.50. The predicted octanol–water partition coefficient (Wildman–Crippen LogP) is 3.15. The maximum absolute atomic E-state index is 14.1. The molecule has 2 fully saturated rings. The lowest BCUT2D eigenvalue weighted by Crippen LogP contribution is -2.62. The molecule has 3 heterocycles. The molecule has 11 nitrogen and oxygen atoms in total. The van der Waals surface area contributed by atoms with Crippen molar-refractivity contribution in [2.24, 2.45) is 5.92 Å². The van der Waals surface area contributed by atoms with Gasteiger partial charge in [-0.05, 0) is 51.0 Å². The van der Waals surface area contributed by atoms with Crippen molar-refractivity contribution in [3.8, 4) is 0 Å². The minimum Gasteiger partial charge on any atom is -0.417 e. The Hall–Kier alpha value is -3.96. The summed E-state index contributed by atoms with van der Waals surface area (Å²) < 4.78 is 14.8. The second-order valence-electron chi connectivity index (χ2n) is 12.2. The summed E-state index contributed by atoms with van der Waals surface area (Å²) in [6.07, 6.45) is 4.50. The Morgan fingerprint density at radius 1 is 1.00 bits per heavy atom. The number of rotatable bonds is 11. The molecule has 12 heteroatoms. The molecule has 6 atom stereocenters. The monoisotopic (exact) mass is 627 g/mol. The van der Waals surface area contributed by atoms with Crippen molar-refractivity contribution in [2.75, 3.05) is 13.7 Å². The number of alkyl halides is 1. The summed E-state index contributed by atoms with van der Waals surface area (Å²) in [5.41, 5.74) is 1.17. The molecule has 0 bridgehead atoms. The number of fused-ring (bicyclic) bond motifs is 2. The first kappa shape index (κ1) is 33.9. The SMILES string of the molecule is CCC(C)C1NC(=O)C(c2cn(OC)c3ccccc23)NC(=O)C(CCCCCC(=O)C(C)F)NC(=O)C2CCCCN2C1=O. The number of piperidine rings is 1. The molecule has 6 unspecified atom stereocenters. The number of nitrogens with one attached hydrogen (secondary N) is 3. The van der Waals surface area contributed by atoms with Crippen molar-refractivity contribution in [2.45, 2.75) is 109 Å². The predicted molar refractivity (Wildman–Crippen MR) is 167 cm³/mol. The van der Waals surface area contributed by atoms with E-state index in [0.717, 1.165) is 12.8 Å². The van der Waals surface area contributed by atoms with E-state index < -0.39 is 53.8 Å². The van der Waals surface area contributed by atoms with E-state index in [9.17, 15) is 28.4 Å². The average Bonchev–Trinajstić information content (AvgIpc) is 3.42. The highest BCUT2D eigenvalue weighted by atomic mass is 19.1. The Morgan fingerprint density at radius 3 is 2.47 bits per heavy atom. The number of hydrogen-bond acceptors (Lipinski definition) is 6. The highest BCUT2D eigenvalue weighted by Crippen LogP contribution is 2.28. The molecule has 45 heavy (non-hydrogen) atoms. The number of benzene rings is 1. The smallest absolute Gasteiger partial charge is 0.247 e. The highest BCUT2D eigenvalue weighted by Gasteiger charge is 2.41. The molecule has 0 aliphatic carbocycles. The standard InChI is InChI=1S/C33H46FN5O6/c1-5-20(2)28-33(44)38-18-12-11-16-26(38)31(42)35-24(14-7-6-8-17-27(40)21(3)34)30(41)37-29(32(43)36-28)23-19-39(45-4)25-15-10-9-13-22(23)25/h9-10,13,15,19-21,24,26,28-29H,5-8,11-12,14,16-18H2,1-4H3,(H,35,42)(H,36,43)(H,37,41). The molecule has 2 saturated heterocycles. The molecule has 0 spiro atoms. The van der Waals surface area contributed by atoms with E-state index in [1.165, 1.54) is 18.8 Å². The van der Waals surface area contributed by atoms with Gasteiger partial charge in [-0.25, -0.2) is 4.39 Å². The van der Waals surface area contributed by atoms with Crippen LogP contribution >= 0.6 is 0 Å². The lowest BCUT2D eigenvalue weighted by molar-refractivity contribution is -0.147. The average molecular weight is 628 g/mol. The van der Waals surface area contributed by atoms with Crippen LogP contribution in [0.2, 0.25) is 0 Å². The molecule has 3 N–H and O–H groups in total. The molecule has 2 aliphatic heterocycles. The van der Waals surface area contributed by atoms with Gasteiger partial charge in [-0.3, -0.25) is 24.0 Å². The van der Waals surface area contributed by atoms with Crippen LogP contribution < -0.4 is 20.8 Å². The normalized spacial score (nSPS) is 24.4. The summed E-state index contributed by atoms with van der Waals surface area (Å²) in [5.74, 6) is -2.50. The first-order valence-corrected chi connectivity index (χ1v) is 16.1. The lowest BCUT2D eigenvalue weighted by atomic mass is 9.93. The first-order chi connectivity index (χ1) is 21.6. The second kappa shape index (κ2) is 15.4. The third-order valence-corrected chi connectivity index (χ3v) is 9.12. The first-order valence-electron chi connectivity index (χ1n) is 16.1. The lowest BCUT2D eigenvalue weighted by Gasteiger charge is -2.39. The maximum Gasteiger partial charge on any atom is 0.247 e. The summed E-state index contributed by atoms with van der Waals surface area (Å²) >= 11 is 0. The zero-order valence-corrected chi connectivity index (χ0v) is 26.6. The van der Waals surface area contributed by atoms with E-state index in [2.05, 4.69) is 16.0 Å². The number of carbonyl (C=O) groups excluding carboxylic acids is 5. The van der Waals surface area contributed by atoms with Gasteiger partial charge in [0.1, 0.15) is 31.3 Å². The van der Waals surface area contributed by atoms with Crippen LogP contribution in [0.5, 0.6) is 0 Å². The van der Waals surface area contributed by atoms with Gasteiger partial charge >= 0.3 is 0 Å². The van der Waals surface area contributed by atoms with Gasteiger partial charge in [0, 0.05) is 23.9 Å². The van der Waals surface area contributed by atoms with Crippen LogP contribution in [0.1, 0.15) is 90.2 Å². The van der Waals surface area contributed by atoms with Crippen molar-refractivity contribution in [1.29, 1.82) is 0 Å². The van der Waals surface area contributed by atoms with E-state index in [-0.39, 0.29) is 24.7 Å². The van der Waals surface area contributed by atoms with Crippen LogP contribution in [-0.4, -0.2) is 77.0 Å². The minimum absolute atomic E-state index is 0.100. The van der Waals surface area contributed by atoms with Gasteiger partial charge in [-0.2, -0.15) is 4.73 Å². The van der Waals surface area contributed by atoms with Gasteiger partial charge in [0.05, 0.1) is 11.7 Å². The second-order valence-corrected chi connectivity index (χ2v) is 12.2. The molecule has 1 aromatic heterocycles. The molecule has 0 radical (unpaired) electrons. The molecule has 4 amide bonds. The van der Waals surface area contributed by atoms with Gasteiger partial charge in [0.25, 0.3) is 0 Å². The highest BCUT2D eigenvalue weighted by molar-refractivity contribution is 6.00. The summed E-state index contributed by atoms with van der Waals surface area (Å²) in [4.78, 5) is 74.6. The number of unbranched alkanes of at least 4 members (excludes halogenated alkanes) is 2. The van der Waals surface area contributed by atoms with Crippen LogP contribution in [0.4, 0.5) is 4.39 Å². The fourth-order valence-electron chi connectivity index (χ4n) is 6.21. The maximum atomic E-state index is 14.1. The zero-order valence-electron chi connectivity index (χ0n) is 26.6. The van der Waals surface area contributed by atoms with Crippen LogP contribution in [0.15, 0.2) is 30.5 Å². The van der Waals surface area contributed by atoms with Gasteiger partial charge in [-0.15, -0.1) is 0 Å². The molecular formula is C33H46FN5O6. The quantitative estimate of drug-likeness (QED) is 0.327. The fraction of sp³-hybridized carbons (Fsp3) is 0.606. The molecular weight excluding hydrogens is 581 g/mol. The van der Waals surface area contributed by atoms with E-state index in [4.69, 9.17) is 4.84 Å². The Kier molecular flexibility index (Phi) is 11.6. The Bertz CT molecular complexity index is 1390. The number of nitrogens with zero attached hydrogens (tertiary/aromatic N) is 2. The van der Waals surface area contributed by atoms with Crippen LogP contribution in [0, 0.1) is 5.92 Å². The number of carbonyl (C=O) groups is 5. The van der Waals surface area contributed by atoms with Gasteiger partial charge < -0.3 is 25.7 Å². The summed E-state index contributed by atoms with van der Waals surface area (Å²) in [5, 5.41) is 9.40. The Labute approximate surface area is 263 Å². The van der Waals surface area contributed by atoms with Crippen molar-refractivity contribution < 1.29 is 33.2 Å². The van der Waals surface area contributed by atoms with E-state index in [1.54, 1.807) is 11.1 Å². The molecule has 1 aromatic carbocycles. The molecule has 2 aliphatic rings. The number of para-hydroxylation sites is 1. The largest absolute Gasteiger partial charge is 0.417 e. The molecule has 4 rings (SSSR count). The Balaban J connectivity index is 1.70. The number of amides is 4. The molecule has 2 aromatic rings. The van der Waals surface area contributed by atoms with Crippen LogP contribution in [0.3, 0.4) is 0 Å². The van der Waals surface area contributed by atoms with Crippen molar-refractivity contribution in [1.82, 2.24) is 25.6 Å². The topological polar surface area (TPSA) is 139 Å². The van der Waals surface area contributed by atoms with Crippen molar-refractivity contribution >= 4 is 40.3 Å². The van der Waals surface area contributed by atoms with Gasteiger partial charge in [0.2, 0.25) is 23.6 Å². The fourth-order valence-corrected chi connectivity index (χ4v) is 6.21. The van der Waals surface area contributed by atoms with Crippen LogP contribution in [0.25, 0.3) is 10.9 Å². The zero-order chi connectivity index (χ0) is 32.7. The van der Waals surface area contributed by atoms with Gasteiger partial charge in [-0.1, -0.05) is 51.3 Å².